The van der Waals surface area contributed by atoms with Gasteiger partial charge in [-0.3, -0.25) is 0 Å². The van der Waals surface area contributed by atoms with E-state index in [0.29, 0.717) is 17.7 Å². The molecule has 0 unspecified atom stereocenters. The summed E-state index contributed by atoms with van der Waals surface area (Å²) in [6.07, 6.45) is 2.34. The van der Waals surface area contributed by atoms with Crippen LogP contribution in [0.15, 0.2) is 50.9 Å². The molecule has 0 atom stereocenters. The summed E-state index contributed by atoms with van der Waals surface area (Å²) in [6, 6.07) is 9.81. The van der Waals surface area contributed by atoms with Crippen molar-refractivity contribution >= 4 is 31.7 Å². The molecule has 2 aromatic carbocycles. The van der Waals surface area contributed by atoms with Gasteiger partial charge < -0.3 is 5.11 Å². The van der Waals surface area contributed by atoms with Gasteiger partial charge in [0.15, 0.2) is 0 Å². The third-order valence-corrected chi connectivity index (χ3v) is 5.83. The third kappa shape index (κ3) is 3.32. The van der Waals surface area contributed by atoms with E-state index in [0.717, 1.165) is 28.4 Å². The molecule has 7 heteroatoms. The van der Waals surface area contributed by atoms with Crippen molar-refractivity contribution in [3.05, 3.63) is 57.6 Å². The number of fused-ring (bicyclic) bond motifs is 1. The molecule has 0 aliphatic heterocycles. The van der Waals surface area contributed by atoms with Crippen LogP contribution in [0, 0.1) is 6.92 Å². The summed E-state index contributed by atoms with van der Waals surface area (Å²) >= 11 is 3.28. The number of hydrogen-bond donors (Lipinski definition) is 2. The lowest BCUT2D eigenvalue weighted by Gasteiger charge is -2.21. The first-order valence-corrected chi connectivity index (χ1v) is 9.82. The van der Waals surface area contributed by atoms with Crippen molar-refractivity contribution in [3.8, 4) is 5.75 Å². The van der Waals surface area contributed by atoms with E-state index in [-0.39, 0.29) is 10.6 Å². The summed E-state index contributed by atoms with van der Waals surface area (Å²) in [5.41, 5.74) is 3.33. The van der Waals surface area contributed by atoms with Gasteiger partial charge in [0.25, 0.3) is 10.0 Å². The van der Waals surface area contributed by atoms with Crippen LogP contribution in [0.2, 0.25) is 0 Å². The fourth-order valence-corrected chi connectivity index (χ4v) is 3.93. The minimum Gasteiger partial charge on any atom is -0.507 e. The average molecular weight is 409 g/mol. The summed E-state index contributed by atoms with van der Waals surface area (Å²) in [7, 11) is -3.74. The first-order chi connectivity index (χ1) is 11.4. The van der Waals surface area contributed by atoms with Gasteiger partial charge in [0.05, 0.1) is 10.6 Å². The van der Waals surface area contributed by atoms with E-state index >= 15 is 0 Å². The van der Waals surface area contributed by atoms with E-state index in [1.165, 1.54) is 12.1 Å². The summed E-state index contributed by atoms with van der Waals surface area (Å²) in [4.78, 5) is 2.42. The molecule has 24 heavy (non-hydrogen) atoms. The molecule has 3 rings (SSSR count). The maximum atomic E-state index is 12.4. The number of hydrazone groups is 1. The topological polar surface area (TPSA) is 78.8 Å². The standard InChI is InChI=1S/C17H17BrN2O3S/c1-11-5-10-16(21)17-14(11)3-2-4-15(17)19-20-24(22,23)13-8-6-12(18)7-9-13/h5-10,20-21H,2-4H2,1H3/b19-15+. The molecule has 0 radical (unpaired) electrons. The Bertz CT molecular complexity index is 906. The predicted octanol–water partition coefficient (Wildman–Crippen LogP) is 3.48. The van der Waals surface area contributed by atoms with Gasteiger partial charge in [-0.25, -0.2) is 0 Å². The van der Waals surface area contributed by atoms with Gasteiger partial charge in [0.1, 0.15) is 5.75 Å². The Morgan fingerprint density at radius 3 is 2.54 bits per heavy atom. The summed E-state index contributed by atoms with van der Waals surface area (Å²) in [5.74, 6) is 0.136. The molecule has 0 amide bonds. The monoisotopic (exact) mass is 408 g/mol. The van der Waals surface area contributed by atoms with Crippen molar-refractivity contribution in [2.24, 2.45) is 5.10 Å². The number of benzene rings is 2. The van der Waals surface area contributed by atoms with Crippen LogP contribution in [0.5, 0.6) is 5.75 Å². The molecule has 2 aromatic rings. The Morgan fingerprint density at radius 2 is 1.83 bits per heavy atom. The number of nitrogens with one attached hydrogen (secondary N) is 1. The molecule has 5 nitrogen and oxygen atoms in total. The Morgan fingerprint density at radius 1 is 1.12 bits per heavy atom. The largest absolute Gasteiger partial charge is 0.507 e. The predicted molar refractivity (Wildman–Crippen MR) is 96.8 cm³/mol. The number of rotatable bonds is 3. The molecule has 0 aromatic heterocycles. The highest BCUT2D eigenvalue weighted by Crippen LogP contribution is 2.31. The molecular formula is C17H17BrN2O3S. The molecule has 1 aliphatic rings. The number of aromatic hydroxyl groups is 1. The quantitative estimate of drug-likeness (QED) is 0.762. The van der Waals surface area contributed by atoms with Crippen molar-refractivity contribution in [3.63, 3.8) is 0 Å². The molecule has 2 N–H and O–H groups in total. The molecule has 1 aliphatic carbocycles. The Labute approximate surface area is 149 Å². The smallest absolute Gasteiger partial charge is 0.276 e. The van der Waals surface area contributed by atoms with Crippen molar-refractivity contribution in [2.75, 3.05) is 0 Å². The van der Waals surface area contributed by atoms with Gasteiger partial charge in [-0.2, -0.15) is 18.4 Å². The fraction of sp³-hybridized carbons (Fsp3) is 0.235. The molecule has 0 spiro atoms. The second-order valence-corrected chi connectivity index (χ2v) is 8.29. The number of halogens is 1. The van der Waals surface area contributed by atoms with E-state index in [1.54, 1.807) is 18.2 Å². The van der Waals surface area contributed by atoms with Crippen molar-refractivity contribution in [1.82, 2.24) is 4.83 Å². The molecule has 0 heterocycles. The Balaban J connectivity index is 1.94. The first kappa shape index (κ1) is 17.0. The molecule has 0 saturated heterocycles. The number of phenolic OH excluding ortho intramolecular Hbond substituents is 1. The highest BCUT2D eigenvalue weighted by Gasteiger charge is 2.22. The van der Waals surface area contributed by atoms with Crippen LogP contribution in [-0.2, 0) is 16.4 Å². The lowest BCUT2D eigenvalue weighted by atomic mass is 9.86. The zero-order valence-electron chi connectivity index (χ0n) is 13.1. The SMILES string of the molecule is Cc1ccc(O)c2c1CCC/C2=N\NS(=O)(=O)c1ccc(Br)cc1. The number of aryl methyl sites for hydroxylation is 1. The Kier molecular flexibility index (Phi) is 4.64. The molecule has 0 fully saturated rings. The van der Waals surface area contributed by atoms with Gasteiger partial charge >= 0.3 is 0 Å². The van der Waals surface area contributed by atoms with Crippen LogP contribution < -0.4 is 4.83 Å². The summed E-state index contributed by atoms with van der Waals surface area (Å²) in [6.45, 7) is 1.98. The maximum absolute atomic E-state index is 12.4. The molecule has 0 bridgehead atoms. The van der Waals surface area contributed by atoms with Gasteiger partial charge in [0, 0.05) is 10.0 Å². The third-order valence-electron chi connectivity index (χ3n) is 4.08. The minimum atomic E-state index is -3.74. The summed E-state index contributed by atoms with van der Waals surface area (Å²) < 4.78 is 25.5. The zero-order valence-corrected chi connectivity index (χ0v) is 15.5. The zero-order chi connectivity index (χ0) is 17.3. The van der Waals surface area contributed by atoms with Crippen LogP contribution in [0.1, 0.15) is 29.5 Å². The van der Waals surface area contributed by atoms with E-state index in [2.05, 4.69) is 25.9 Å². The van der Waals surface area contributed by atoms with Gasteiger partial charge in [-0.05, 0) is 67.6 Å². The highest BCUT2D eigenvalue weighted by molar-refractivity contribution is 9.10. The second kappa shape index (κ2) is 6.57. The van der Waals surface area contributed by atoms with E-state index in [9.17, 15) is 13.5 Å². The van der Waals surface area contributed by atoms with Crippen LogP contribution in [0.25, 0.3) is 0 Å². The van der Waals surface area contributed by atoms with Crippen molar-refractivity contribution in [2.45, 2.75) is 31.1 Å². The fourth-order valence-electron chi connectivity index (χ4n) is 2.83. The normalized spacial score (nSPS) is 16.0. The first-order valence-electron chi connectivity index (χ1n) is 7.54. The van der Waals surface area contributed by atoms with E-state index in [1.807, 2.05) is 13.0 Å². The molecule has 126 valence electrons. The van der Waals surface area contributed by atoms with Crippen LogP contribution >= 0.6 is 15.9 Å². The van der Waals surface area contributed by atoms with Crippen molar-refractivity contribution in [1.29, 1.82) is 0 Å². The van der Waals surface area contributed by atoms with Gasteiger partial charge in [0.2, 0.25) is 0 Å². The lowest BCUT2D eigenvalue weighted by Crippen LogP contribution is -2.23. The van der Waals surface area contributed by atoms with Crippen LogP contribution in [-0.4, -0.2) is 19.2 Å². The maximum Gasteiger partial charge on any atom is 0.276 e. The summed E-state index contributed by atoms with van der Waals surface area (Å²) in [5, 5.41) is 14.3. The second-order valence-electron chi connectivity index (χ2n) is 5.72. The van der Waals surface area contributed by atoms with Gasteiger partial charge in [-0.15, -0.1) is 0 Å². The number of sulfonamides is 1. The number of nitrogens with zero attached hydrogens (tertiary/aromatic N) is 1. The Hall–Kier alpha value is -1.86. The van der Waals surface area contributed by atoms with Crippen LogP contribution in [0.3, 0.4) is 0 Å². The number of hydrogen-bond acceptors (Lipinski definition) is 4. The lowest BCUT2D eigenvalue weighted by molar-refractivity contribution is 0.472. The van der Waals surface area contributed by atoms with E-state index in [4.69, 9.17) is 0 Å². The van der Waals surface area contributed by atoms with Gasteiger partial charge in [-0.1, -0.05) is 22.0 Å². The highest BCUT2D eigenvalue weighted by atomic mass is 79.9. The minimum absolute atomic E-state index is 0.136. The van der Waals surface area contributed by atoms with E-state index < -0.39 is 10.0 Å². The van der Waals surface area contributed by atoms with Crippen LogP contribution in [0.4, 0.5) is 0 Å². The molecule has 0 saturated carbocycles. The molecular weight excluding hydrogens is 392 g/mol. The average Bonchev–Trinajstić information content (AvgIpc) is 2.57. The number of phenols is 1. The van der Waals surface area contributed by atoms with Crippen molar-refractivity contribution < 1.29 is 13.5 Å².